The van der Waals surface area contributed by atoms with Gasteiger partial charge in [0.2, 0.25) is 0 Å². The largest absolute Gasteiger partial charge is 0.330 e. The van der Waals surface area contributed by atoms with Crippen molar-refractivity contribution in [3.8, 4) is 0 Å². The van der Waals surface area contributed by atoms with Crippen LogP contribution in [0.5, 0.6) is 0 Å². The molecule has 90 valence electrons. The Kier molecular flexibility index (Phi) is 4.94. The van der Waals surface area contributed by atoms with Crippen molar-refractivity contribution in [2.24, 2.45) is 5.73 Å². The molecule has 1 aromatic rings. The molecule has 2 heteroatoms. The zero-order valence-electron chi connectivity index (χ0n) is 10.5. The summed E-state index contributed by atoms with van der Waals surface area (Å²) < 4.78 is 13.6. The minimum atomic E-state index is -0.0740. The first-order valence-corrected chi connectivity index (χ1v) is 6.05. The van der Waals surface area contributed by atoms with E-state index in [1.807, 2.05) is 26.8 Å². The first-order chi connectivity index (χ1) is 7.56. The molecule has 0 spiro atoms. The van der Waals surface area contributed by atoms with Crippen LogP contribution in [0, 0.1) is 12.7 Å². The average Bonchev–Trinajstić information content (AvgIpc) is 2.21. The second kappa shape index (κ2) is 6.00. The van der Waals surface area contributed by atoms with Crippen LogP contribution in [0.2, 0.25) is 0 Å². The van der Waals surface area contributed by atoms with Gasteiger partial charge in [0.15, 0.2) is 0 Å². The maximum atomic E-state index is 13.6. The van der Waals surface area contributed by atoms with E-state index in [4.69, 9.17) is 5.73 Å². The van der Waals surface area contributed by atoms with Gasteiger partial charge in [-0.1, -0.05) is 19.9 Å². The van der Waals surface area contributed by atoms with Gasteiger partial charge in [0.05, 0.1) is 0 Å². The fourth-order valence-electron chi connectivity index (χ4n) is 1.91. The van der Waals surface area contributed by atoms with Gasteiger partial charge in [0.1, 0.15) is 5.82 Å². The van der Waals surface area contributed by atoms with Crippen molar-refractivity contribution in [2.75, 3.05) is 6.54 Å². The Morgan fingerprint density at radius 3 is 2.50 bits per heavy atom. The molecule has 0 radical (unpaired) electrons. The van der Waals surface area contributed by atoms with Crippen molar-refractivity contribution in [1.82, 2.24) is 0 Å². The lowest BCUT2D eigenvalue weighted by Crippen LogP contribution is -2.02. The summed E-state index contributed by atoms with van der Waals surface area (Å²) in [6.07, 6.45) is 3.12. The van der Waals surface area contributed by atoms with Gasteiger partial charge in [0, 0.05) is 0 Å². The van der Waals surface area contributed by atoms with E-state index in [9.17, 15) is 4.39 Å². The molecule has 0 aliphatic heterocycles. The Morgan fingerprint density at radius 1 is 1.25 bits per heavy atom. The number of halogens is 1. The third kappa shape index (κ3) is 3.31. The molecule has 2 N–H and O–H groups in total. The van der Waals surface area contributed by atoms with Crippen molar-refractivity contribution < 1.29 is 4.39 Å². The van der Waals surface area contributed by atoms with E-state index in [2.05, 4.69) is 0 Å². The highest BCUT2D eigenvalue weighted by Crippen LogP contribution is 2.23. The molecule has 0 unspecified atom stereocenters. The van der Waals surface area contributed by atoms with Crippen molar-refractivity contribution in [1.29, 1.82) is 0 Å². The van der Waals surface area contributed by atoms with E-state index in [1.54, 1.807) is 6.07 Å². The maximum Gasteiger partial charge on any atom is 0.126 e. The lowest BCUT2D eigenvalue weighted by molar-refractivity contribution is 0.595. The van der Waals surface area contributed by atoms with E-state index in [0.717, 1.165) is 36.9 Å². The summed E-state index contributed by atoms with van der Waals surface area (Å²) in [6.45, 7) is 6.76. The first-order valence-electron chi connectivity index (χ1n) is 6.05. The molecule has 0 aliphatic carbocycles. The predicted octanol–water partition coefficient (Wildman–Crippen LogP) is 3.54. The highest BCUT2D eigenvalue weighted by Gasteiger charge is 2.10. The predicted molar refractivity (Wildman–Crippen MR) is 67.2 cm³/mol. The second-order valence-electron chi connectivity index (χ2n) is 4.70. The van der Waals surface area contributed by atoms with Gasteiger partial charge < -0.3 is 5.73 Å². The van der Waals surface area contributed by atoms with Crippen LogP contribution in [-0.4, -0.2) is 6.54 Å². The molecule has 0 aromatic heterocycles. The molecule has 0 heterocycles. The maximum absolute atomic E-state index is 13.6. The standard InChI is InChI=1S/C14H22FN/c1-10(2)13-9-12(6-4-5-7-16)11(3)8-14(13)15/h8-10H,4-7,16H2,1-3H3. The Hall–Kier alpha value is -0.890. The highest BCUT2D eigenvalue weighted by atomic mass is 19.1. The number of rotatable bonds is 5. The van der Waals surface area contributed by atoms with Gasteiger partial charge in [-0.25, -0.2) is 4.39 Å². The number of aryl methyl sites for hydroxylation is 2. The molecule has 1 aromatic carbocycles. The van der Waals surface area contributed by atoms with Crippen LogP contribution >= 0.6 is 0 Å². The van der Waals surface area contributed by atoms with Crippen LogP contribution in [-0.2, 0) is 6.42 Å². The van der Waals surface area contributed by atoms with Gasteiger partial charge in [0.25, 0.3) is 0 Å². The number of unbranched alkanes of at least 4 members (excludes halogenated alkanes) is 1. The van der Waals surface area contributed by atoms with Crippen molar-refractivity contribution in [3.63, 3.8) is 0 Å². The van der Waals surface area contributed by atoms with Crippen molar-refractivity contribution >= 4 is 0 Å². The second-order valence-corrected chi connectivity index (χ2v) is 4.70. The zero-order chi connectivity index (χ0) is 12.1. The number of hydrogen-bond donors (Lipinski definition) is 1. The van der Waals surface area contributed by atoms with Crippen LogP contribution in [0.4, 0.5) is 4.39 Å². The van der Waals surface area contributed by atoms with E-state index in [-0.39, 0.29) is 11.7 Å². The van der Waals surface area contributed by atoms with Gasteiger partial charge in [-0.15, -0.1) is 0 Å². The third-order valence-electron chi connectivity index (χ3n) is 2.98. The van der Waals surface area contributed by atoms with E-state index in [0.29, 0.717) is 0 Å². The topological polar surface area (TPSA) is 26.0 Å². The molecular weight excluding hydrogens is 201 g/mol. The quantitative estimate of drug-likeness (QED) is 0.759. The molecule has 0 bridgehead atoms. The van der Waals surface area contributed by atoms with E-state index >= 15 is 0 Å². The molecule has 0 saturated carbocycles. The lowest BCUT2D eigenvalue weighted by atomic mass is 9.94. The van der Waals surface area contributed by atoms with Gasteiger partial charge in [-0.05, 0) is 61.4 Å². The van der Waals surface area contributed by atoms with Crippen LogP contribution in [0.15, 0.2) is 12.1 Å². The van der Waals surface area contributed by atoms with Crippen LogP contribution < -0.4 is 5.73 Å². The Labute approximate surface area is 97.9 Å². The van der Waals surface area contributed by atoms with Gasteiger partial charge in [-0.3, -0.25) is 0 Å². The van der Waals surface area contributed by atoms with Crippen molar-refractivity contribution in [3.05, 3.63) is 34.6 Å². The monoisotopic (exact) mass is 223 g/mol. The Morgan fingerprint density at radius 2 is 1.94 bits per heavy atom. The fourth-order valence-corrected chi connectivity index (χ4v) is 1.91. The molecule has 0 fully saturated rings. The molecule has 0 saturated heterocycles. The average molecular weight is 223 g/mol. The van der Waals surface area contributed by atoms with Gasteiger partial charge >= 0.3 is 0 Å². The summed E-state index contributed by atoms with van der Waals surface area (Å²) in [4.78, 5) is 0. The zero-order valence-corrected chi connectivity index (χ0v) is 10.5. The Balaban J connectivity index is 2.87. The molecule has 0 amide bonds. The SMILES string of the molecule is Cc1cc(F)c(C(C)C)cc1CCCCN. The van der Waals surface area contributed by atoms with Crippen LogP contribution in [0.1, 0.15) is 49.3 Å². The van der Waals surface area contributed by atoms with Crippen LogP contribution in [0.25, 0.3) is 0 Å². The summed E-state index contributed by atoms with van der Waals surface area (Å²) >= 11 is 0. The lowest BCUT2D eigenvalue weighted by Gasteiger charge is -2.12. The minimum absolute atomic E-state index is 0.0740. The third-order valence-corrected chi connectivity index (χ3v) is 2.98. The summed E-state index contributed by atoms with van der Waals surface area (Å²) in [6, 6.07) is 3.68. The fraction of sp³-hybridized carbons (Fsp3) is 0.571. The van der Waals surface area contributed by atoms with E-state index < -0.39 is 0 Å². The molecular formula is C14H22FN. The molecule has 16 heavy (non-hydrogen) atoms. The number of benzene rings is 1. The molecule has 1 nitrogen and oxygen atoms in total. The summed E-state index contributed by atoms with van der Waals surface area (Å²) in [7, 11) is 0. The minimum Gasteiger partial charge on any atom is -0.330 e. The number of hydrogen-bond acceptors (Lipinski definition) is 1. The summed E-state index contributed by atoms with van der Waals surface area (Å²) in [5, 5.41) is 0. The van der Waals surface area contributed by atoms with Crippen LogP contribution in [0.3, 0.4) is 0 Å². The van der Waals surface area contributed by atoms with Crippen molar-refractivity contribution in [2.45, 2.75) is 46.0 Å². The smallest absolute Gasteiger partial charge is 0.126 e. The van der Waals surface area contributed by atoms with Gasteiger partial charge in [-0.2, -0.15) is 0 Å². The van der Waals surface area contributed by atoms with E-state index in [1.165, 1.54) is 5.56 Å². The summed E-state index contributed by atoms with van der Waals surface area (Å²) in [5.41, 5.74) is 8.62. The first kappa shape index (κ1) is 13.2. The highest BCUT2D eigenvalue weighted by molar-refractivity contribution is 5.34. The molecule has 0 aliphatic rings. The Bertz CT molecular complexity index is 345. The molecule has 1 rings (SSSR count). The summed E-state index contributed by atoms with van der Waals surface area (Å²) in [5.74, 6) is 0.170. The normalized spacial score (nSPS) is 11.1. The molecule has 0 atom stereocenters. The number of nitrogens with two attached hydrogens (primary N) is 1.